The second kappa shape index (κ2) is 4.12. The largest absolute Gasteiger partial charge is 0.370 e. The summed E-state index contributed by atoms with van der Waals surface area (Å²) in [7, 11) is 0. The Morgan fingerprint density at radius 2 is 1.93 bits per heavy atom. The van der Waals surface area contributed by atoms with E-state index in [1.165, 1.54) is 0 Å². The first-order valence-electron chi connectivity index (χ1n) is 4.74. The van der Waals surface area contributed by atoms with Crippen molar-refractivity contribution in [2.24, 2.45) is 11.7 Å². The van der Waals surface area contributed by atoms with E-state index in [1.807, 2.05) is 0 Å². The van der Waals surface area contributed by atoms with Crippen molar-refractivity contribution < 1.29 is 18.4 Å². The molecule has 1 aliphatic rings. The van der Waals surface area contributed by atoms with Gasteiger partial charge in [0.05, 0.1) is 13.1 Å². The highest BCUT2D eigenvalue weighted by Crippen LogP contribution is 2.27. The number of primary amides is 1. The maximum absolute atomic E-state index is 12.4. The van der Waals surface area contributed by atoms with E-state index in [0.29, 0.717) is 0 Å². The number of carbonyl (C=O) groups excluding carboxylic acids is 2. The van der Waals surface area contributed by atoms with Gasteiger partial charge in [0.25, 0.3) is 5.92 Å². The van der Waals surface area contributed by atoms with Gasteiger partial charge in [-0.2, -0.15) is 0 Å². The quantitative estimate of drug-likeness (QED) is 0.743. The number of alkyl halides is 2. The summed E-state index contributed by atoms with van der Waals surface area (Å²) < 4.78 is 24.9. The maximum Gasteiger partial charge on any atom is 0.282 e. The van der Waals surface area contributed by atoms with Gasteiger partial charge < -0.3 is 10.6 Å². The number of hydrogen-bond acceptors (Lipinski definition) is 2. The van der Waals surface area contributed by atoms with Crippen molar-refractivity contribution in [2.75, 3.05) is 13.1 Å². The monoisotopic (exact) mass is 220 g/mol. The van der Waals surface area contributed by atoms with Crippen LogP contribution in [0.4, 0.5) is 8.78 Å². The number of likely N-dealkylation sites (tertiary alicyclic amines) is 1. The van der Waals surface area contributed by atoms with Crippen LogP contribution < -0.4 is 5.73 Å². The van der Waals surface area contributed by atoms with E-state index in [1.54, 1.807) is 6.92 Å². The summed E-state index contributed by atoms with van der Waals surface area (Å²) >= 11 is 0. The first kappa shape index (κ1) is 11.9. The van der Waals surface area contributed by atoms with Crippen LogP contribution in [0.1, 0.15) is 19.8 Å². The van der Waals surface area contributed by atoms with E-state index < -0.39 is 24.9 Å². The molecule has 4 nitrogen and oxygen atoms in total. The van der Waals surface area contributed by atoms with Crippen LogP contribution in [0.2, 0.25) is 0 Å². The minimum absolute atomic E-state index is 0.0962. The number of rotatable bonds is 4. The summed E-state index contributed by atoms with van der Waals surface area (Å²) in [5.41, 5.74) is 4.95. The summed E-state index contributed by atoms with van der Waals surface area (Å²) in [5.74, 6) is -3.74. The van der Waals surface area contributed by atoms with Gasteiger partial charge in [0.2, 0.25) is 11.8 Å². The third kappa shape index (κ3) is 3.45. The molecule has 15 heavy (non-hydrogen) atoms. The molecule has 1 saturated heterocycles. The van der Waals surface area contributed by atoms with Crippen molar-refractivity contribution in [1.82, 2.24) is 4.90 Å². The summed E-state index contributed by atoms with van der Waals surface area (Å²) in [6.07, 6.45) is 0.203. The molecule has 1 rings (SSSR count). The molecule has 0 bridgehead atoms. The van der Waals surface area contributed by atoms with Gasteiger partial charge in [-0.25, -0.2) is 8.78 Å². The van der Waals surface area contributed by atoms with Gasteiger partial charge in [-0.3, -0.25) is 9.59 Å². The Morgan fingerprint density at radius 1 is 1.40 bits per heavy atom. The second-order valence-corrected chi connectivity index (χ2v) is 4.09. The molecule has 1 heterocycles. The Labute approximate surface area is 86.4 Å². The standard InChI is InChI=1S/C9H14F2N2O2/c1-6(2-7(12)14)3-8(15)13-4-9(10,11)5-13/h6H,2-5H2,1H3,(H2,12,14)/t6-/m0/s1. The first-order valence-corrected chi connectivity index (χ1v) is 4.74. The van der Waals surface area contributed by atoms with Gasteiger partial charge in [0, 0.05) is 12.8 Å². The summed E-state index contributed by atoms with van der Waals surface area (Å²) in [5, 5.41) is 0. The fourth-order valence-electron chi connectivity index (χ4n) is 1.53. The van der Waals surface area contributed by atoms with E-state index in [-0.39, 0.29) is 24.7 Å². The fourth-order valence-corrected chi connectivity index (χ4v) is 1.53. The molecular weight excluding hydrogens is 206 g/mol. The number of halogens is 2. The van der Waals surface area contributed by atoms with Crippen LogP contribution in [0.5, 0.6) is 0 Å². The first-order chi connectivity index (χ1) is 6.80. The van der Waals surface area contributed by atoms with Gasteiger partial charge >= 0.3 is 0 Å². The molecule has 1 atom stereocenters. The molecule has 0 spiro atoms. The number of hydrogen-bond donors (Lipinski definition) is 1. The highest BCUT2D eigenvalue weighted by Gasteiger charge is 2.46. The molecule has 2 N–H and O–H groups in total. The minimum Gasteiger partial charge on any atom is -0.370 e. The minimum atomic E-state index is -2.73. The van der Waals surface area contributed by atoms with Crippen molar-refractivity contribution in [3.63, 3.8) is 0 Å². The second-order valence-electron chi connectivity index (χ2n) is 4.09. The van der Waals surface area contributed by atoms with Crippen molar-refractivity contribution in [3.05, 3.63) is 0 Å². The van der Waals surface area contributed by atoms with Crippen LogP contribution in [0.3, 0.4) is 0 Å². The Kier molecular flexibility index (Phi) is 3.26. The molecule has 0 aromatic rings. The average molecular weight is 220 g/mol. The molecule has 1 fully saturated rings. The predicted molar refractivity (Wildman–Crippen MR) is 49.1 cm³/mol. The highest BCUT2D eigenvalue weighted by molar-refractivity contribution is 5.79. The molecular formula is C9H14F2N2O2. The van der Waals surface area contributed by atoms with Gasteiger partial charge in [-0.05, 0) is 5.92 Å². The van der Waals surface area contributed by atoms with Gasteiger partial charge in [0.15, 0.2) is 0 Å². The number of carbonyl (C=O) groups is 2. The molecule has 2 amide bonds. The van der Waals surface area contributed by atoms with E-state index in [9.17, 15) is 18.4 Å². The van der Waals surface area contributed by atoms with Crippen LogP contribution in [0.15, 0.2) is 0 Å². The number of nitrogens with zero attached hydrogens (tertiary/aromatic N) is 1. The van der Waals surface area contributed by atoms with Crippen LogP contribution in [-0.2, 0) is 9.59 Å². The topological polar surface area (TPSA) is 63.4 Å². The molecule has 1 aliphatic heterocycles. The molecule has 0 radical (unpaired) electrons. The Hall–Kier alpha value is -1.20. The average Bonchev–Trinajstić information content (AvgIpc) is 1.97. The predicted octanol–water partition coefficient (Wildman–Crippen LogP) is 0.365. The fraction of sp³-hybridized carbons (Fsp3) is 0.778. The van der Waals surface area contributed by atoms with Crippen molar-refractivity contribution >= 4 is 11.8 Å². The van der Waals surface area contributed by atoms with E-state index in [2.05, 4.69) is 0 Å². The van der Waals surface area contributed by atoms with E-state index in [4.69, 9.17) is 5.73 Å². The van der Waals surface area contributed by atoms with E-state index >= 15 is 0 Å². The van der Waals surface area contributed by atoms with Gasteiger partial charge in [0.1, 0.15) is 0 Å². The lowest BCUT2D eigenvalue weighted by molar-refractivity contribution is -0.166. The Morgan fingerprint density at radius 3 is 2.33 bits per heavy atom. The highest BCUT2D eigenvalue weighted by atomic mass is 19.3. The molecule has 6 heteroatoms. The van der Waals surface area contributed by atoms with Crippen molar-refractivity contribution in [1.29, 1.82) is 0 Å². The zero-order chi connectivity index (χ0) is 11.6. The molecule has 0 aromatic carbocycles. The zero-order valence-electron chi connectivity index (χ0n) is 8.50. The SMILES string of the molecule is C[C@@H](CC(N)=O)CC(=O)N1CC(F)(F)C1. The van der Waals surface area contributed by atoms with Gasteiger partial charge in [-0.1, -0.05) is 6.92 Å². The maximum atomic E-state index is 12.4. The number of amides is 2. The Balaban J connectivity index is 2.28. The molecule has 86 valence electrons. The van der Waals surface area contributed by atoms with E-state index in [0.717, 1.165) is 4.90 Å². The third-order valence-electron chi connectivity index (χ3n) is 2.27. The third-order valence-corrected chi connectivity index (χ3v) is 2.27. The summed E-state index contributed by atoms with van der Waals surface area (Å²) in [6, 6.07) is 0. The van der Waals surface area contributed by atoms with Crippen molar-refractivity contribution in [2.45, 2.75) is 25.7 Å². The molecule has 0 aromatic heterocycles. The summed E-state index contributed by atoms with van der Waals surface area (Å²) in [4.78, 5) is 23.0. The lowest BCUT2D eigenvalue weighted by Gasteiger charge is -2.39. The zero-order valence-corrected chi connectivity index (χ0v) is 8.50. The van der Waals surface area contributed by atoms with Crippen molar-refractivity contribution in [3.8, 4) is 0 Å². The molecule has 0 unspecified atom stereocenters. The van der Waals surface area contributed by atoms with Crippen LogP contribution >= 0.6 is 0 Å². The summed E-state index contributed by atoms with van der Waals surface area (Å²) in [6.45, 7) is 0.685. The smallest absolute Gasteiger partial charge is 0.282 e. The molecule has 0 saturated carbocycles. The van der Waals surface area contributed by atoms with Crippen LogP contribution in [0.25, 0.3) is 0 Å². The Bertz CT molecular complexity index is 273. The lowest BCUT2D eigenvalue weighted by Crippen LogP contribution is -2.58. The molecule has 0 aliphatic carbocycles. The normalized spacial score (nSPS) is 20.6. The van der Waals surface area contributed by atoms with Crippen LogP contribution in [-0.4, -0.2) is 35.7 Å². The van der Waals surface area contributed by atoms with Crippen LogP contribution in [0, 0.1) is 5.92 Å². The number of nitrogens with two attached hydrogens (primary N) is 1. The lowest BCUT2D eigenvalue weighted by atomic mass is 10.0. The van der Waals surface area contributed by atoms with Gasteiger partial charge in [-0.15, -0.1) is 0 Å².